The summed E-state index contributed by atoms with van der Waals surface area (Å²) >= 11 is 0. The van der Waals surface area contributed by atoms with E-state index in [1.54, 1.807) is 53.7 Å². The fourth-order valence-electron chi connectivity index (χ4n) is 4.53. The van der Waals surface area contributed by atoms with Crippen LogP contribution in [0.2, 0.25) is 0 Å². The van der Waals surface area contributed by atoms with Gasteiger partial charge in [-0.05, 0) is 77.4 Å². The highest BCUT2D eigenvalue weighted by Crippen LogP contribution is 2.27. The summed E-state index contributed by atoms with van der Waals surface area (Å²) in [7, 11) is 0. The molecule has 268 valence electrons. The van der Waals surface area contributed by atoms with Crippen LogP contribution in [0.3, 0.4) is 0 Å². The Morgan fingerprint density at radius 1 is 1.04 bits per heavy atom. The number of benzene rings is 2. The normalized spacial score (nSPS) is 15.2. The molecule has 2 aromatic carbocycles. The number of imide groups is 1. The number of carboxylic acid groups (broad SMARTS) is 1. The Morgan fingerprint density at radius 3 is 2.24 bits per heavy atom. The second-order valence-corrected chi connectivity index (χ2v) is 13.0. The summed E-state index contributed by atoms with van der Waals surface area (Å²) in [6, 6.07) is 12.1. The summed E-state index contributed by atoms with van der Waals surface area (Å²) in [5.74, 6) is -3.56. The molecular formula is C34H40N4O12. The number of carbonyl (C=O) groups excluding carboxylic acids is 5. The van der Waals surface area contributed by atoms with Crippen molar-refractivity contribution in [3.8, 4) is 11.8 Å². The summed E-state index contributed by atoms with van der Waals surface area (Å²) in [4.78, 5) is 78.4. The number of aliphatic carboxylic acids is 1. The highest BCUT2D eigenvalue weighted by molar-refractivity contribution is 6.04. The van der Waals surface area contributed by atoms with Crippen molar-refractivity contribution in [2.45, 2.75) is 78.4 Å². The molecule has 16 heteroatoms. The highest BCUT2D eigenvalue weighted by atomic mass is 16.6. The number of nitrogens with one attached hydrogen (secondary N) is 1. The molecule has 0 spiro atoms. The van der Waals surface area contributed by atoms with Crippen LogP contribution in [-0.2, 0) is 44.7 Å². The second kappa shape index (κ2) is 16.1. The molecule has 1 heterocycles. The number of hydrogen-bond acceptors (Lipinski definition) is 12. The molecule has 1 aliphatic rings. The zero-order valence-corrected chi connectivity index (χ0v) is 28.8. The van der Waals surface area contributed by atoms with E-state index in [4.69, 9.17) is 28.8 Å². The molecule has 0 bridgehead atoms. The van der Waals surface area contributed by atoms with Crippen LogP contribution in [0.5, 0.6) is 5.75 Å². The Hall–Kier alpha value is -5.69. The van der Waals surface area contributed by atoms with E-state index in [-0.39, 0.29) is 35.7 Å². The molecule has 2 N–H and O–H groups in total. The first kappa shape index (κ1) is 38.8. The third kappa shape index (κ3) is 11.2. The lowest BCUT2D eigenvalue weighted by Gasteiger charge is -2.35. The van der Waals surface area contributed by atoms with Gasteiger partial charge >= 0.3 is 24.1 Å². The van der Waals surface area contributed by atoms with Gasteiger partial charge in [-0.3, -0.25) is 14.4 Å². The molecule has 3 rings (SSSR count). The molecule has 4 amide bonds. The molecule has 1 aliphatic heterocycles. The number of anilines is 2. The van der Waals surface area contributed by atoms with E-state index in [0.717, 1.165) is 6.92 Å². The Morgan fingerprint density at radius 2 is 1.68 bits per heavy atom. The van der Waals surface area contributed by atoms with E-state index in [1.165, 1.54) is 35.2 Å². The van der Waals surface area contributed by atoms with Crippen molar-refractivity contribution < 1.29 is 57.6 Å². The molecule has 2 aromatic rings. The monoisotopic (exact) mass is 696 g/mol. The summed E-state index contributed by atoms with van der Waals surface area (Å²) < 4.78 is 26.9. The smallest absolute Gasteiger partial charge is 0.420 e. The maximum absolute atomic E-state index is 13.6. The predicted octanol–water partition coefficient (Wildman–Crippen LogP) is 4.00. The molecule has 1 fully saturated rings. The van der Waals surface area contributed by atoms with Crippen molar-refractivity contribution in [3.63, 3.8) is 0 Å². The minimum Gasteiger partial charge on any atom is -0.482 e. The minimum absolute atomic E-state index is 0.0478. The molecule has 2 atom stereocenters. The van der Waals surface area contributed by atoms with E-state index in [9.17, 15) is 34.0 Å². The zero-order chi connectivity index (χ0) is 37.4. The van der Waals surface area contributed by atoms with E-state index in [1.807, 2.05) is 6.07 Å². The number of esters is 1. The lowest BCUT2D eigenvalue weighted by atomic mass is 10.1. The van der Waals surface area contributed by atoms with Crippen LogP contribution in [0.4, 0.5) is 21.0 Å². The number of rotatable bonds is 10. The molecular weight excluding hydrogens is 656 g/mol. The van der Waals surface area contributed by atoms with Crippen LogP contribution in [0, 0.1) is 11.3 Å². The maximum Gasteiger partial charge on any atom is 0.420 e. The molecule has 16 nitrogen and oxygen atoms in total. The van der Waals surface area contributed by atoms with E-state index in [0.29, 0.717) is 10.6 Å². The van der Waals surface area contributed by atoms with Gasteiger partial charge in [0.25, 0.3) is 11.8 Å². The Labute approximate surface area is 288 Å². The molecule has 0 saturated carbocycles. The van der Waals surface area contributed by atoms with Crippen LogP contribution in [0.25, 0.3) is 0 Å². The zero-order valence-electron chi connectivity index (χ0n) is 28.8. The van der Waals surface area contributed by atoms with Crippen molar-refractivity contribution in [2.24, 2.45) is 0 Å². The van der Waals surface area contributed by atoms with Gasteiger partial charge in [-0.1, -0.05) is 6.07 Å². The molecule has 0 aliphatic carbocycles. The third-order valence-corrected chi connectivity index (χ3v) is 6.49. The number of ether oxygens (including phenoxy) is 5. The number of amides is 4. The average Bonchev–Trinajstić information content (AvgIpc) is 3.00. The topological polar surface area (TPSA) is 211 Å². The summed E-state index contributed by atoms with van der Waals surface area (Å²) in [5.41, 5.74) is -1.35. The van der Waals surface area contributed by atoms with E-state index < -0.39 is 72.5 Å². The molecule has 1 saturated heterocycles. The first-order chi connectivity index (χ1) is 23.3. The quantitative estimate of drug-likeness (QED) is 0.266. The van der Waals surface area contributed by atoms with Gasteiger partial charge in [-0.25, -0.2) is 19.3 Å². The first-order valence-electron chi connectivity index (χ1n) is 15.4. The van der Waals surface area contributed by atoms with Gasteiger partial charge in [0.1, 0.15) is 17.0 Å². The minimum atomic E-state index is -1.77. The van der Waals surface area contributed by atoms with Gasteiger partial charge in [0.2, 0.25) is 6.10 Å². The predicted molar refractivity (Wildman–Crippen MR) is 175 cm³/mol. The lowest BCUT2D eigenvalue weighted by molar-refractivity contribution is -0.167. The van der Waals surface area contributed by atoms with Crippen LogP contribution < -0.4 is 15.0 Å². The number of carbonyl (C=O) groups is 6. The Bertz CT molecular complexity index is 1640. The lowest BCUT2D eigenvalue weighted by Crippen LogP contribution is -2.56. The number of hydrogen-bond donors (Lipinski definition) is 2. The molecule has 0 radical (unpaired) electrons. The van der Waals surface area contributed by atoms with Crippen molar-refractivity contribution in [3.05, 3.63) is 53.6 Å². The fourth-order valence-corrected chi connectivity index (χ4v) is 4.53. The van der Waals surface area contributed by atoms with E-state index in [2.05, 4.69) is 5.32 Å². The summed E-state index contributed by atoms with van der Waals surface area (Å²) in [6.07, 6.45) is -5.41. The van der Waals surface area contributed by atoms with Crippen LogP contribution in [0.15, 0.2) is 42.5 Å². The van der Waals surface area contributed by atoms with Gasteiger partial charge in [0, 0.05) is 30.9 Å². The van der Waals surface area contributed by atoms with Gasteiger partial charge in [-0.2, -0.15) is 5.26 Å². The average molecular weight is 697 g/mol. The summed E-state index contributed by atoms with van der Waals surface area (Å²) in [5, 5.41) is 21.3. The standard InChI is InChI=1S/C34H40N4O12/c1-20(39)48-27(28-30(43)37(13-14-46-28)24-9-8-10-25(16-24)47-19-26(40)41)29(42)36-23-12-11-21(17-35)22(15-23)18-38(31(44)49-33(2,3)4)32(45)50-34(5,6)7/h8-12,15-16,27-28H,13-14,18-19H2,1-7H3,(H,36,42)(H,40,41)/t27-,28-/m1/s1. The molecule has 0 aromatic heterocycles. The third-order valence-electron chi connectivity index (χ3n) is 6.49. The molecule has 0 unspecified atom stereocenters. The van der Waals surface area contributed by atoms with Crippen LogP contribution in [-0.4, -0.2) is 89.1 Å². The number of nitriles is 1. The van der Waals surface area contributed by atoms with Crippen molar-refractivity contribution in [2.75, 3.05) is 30.0 Å². The fraction of sp³-hybridized carbons (Fsp3) is 0.441. The van der Waals surface area contributed by atoms with Crippen LogP contribution >= 0.6 is 0 Å². The Kier molecular flexibility index (Phi) is 12.5. The van der Waals surface area contributed by atoms with Gasteiger partial charge in [0.15, 0.2) is 12.7 Å². The van der Waals surface area contributed by atoms with Crippen molar-refractivity contribution >= 4 is 47.3 Å². The largest absolute Gasteiger partial charge is 0.482 e. The number of carboxylic acids is 1. The van der Waals surface area contributed by atoms with Crippen LogP contribution in [0.1, 0.15) is 59.6 Å². The SMILES string of the molecule is CC(=O)O[C@@H](C(=O)Nc1ccc(C#N)c(CN(C(=O)OC(C)(C)C)C(=O)OC(C)(C)C)c1)[C@H]1OCCN(c2cccc(OCC(=O)O)c2)C1=O. The van der Waals surface area contributed by atoms with Gasteiger partial charge in [-0.15, -0.1) is 0 Å². The van der Waals surface area contributed by atoms with Crippen molar-refractivity contribution in [1.29, 1.82) is 5.26 Å². The van der Waals surface area contributed by atoms with Crippen molar-refractivity contribution in [1.82, 2.24) is 4.90 Å². The summed E-state index contributed by atoms with van der Waals surface area (Å²) in [6.45, 7) is 9.68. The van der Waals surface area contributed by atoms with E-state index >= 15 is 0 Å². The first-order valence-corrected chi connectivity index (χ1v) is 15.4. The second-order valence-electron chi connectivity index (χ2n) is 13.0. The maximum atomic E-state index is 13.6. The number of nitrogens with zero attached hydrogens (tertiary/aromatic N) is 3. The van der Waals surface area contributed by atoms with Gasteiger partial charge in [0.05, 0.1) is 24.8 Å². The highest BCUT2D eigenvalue weighted by Gasteiger charge is 2.43. The Balaban J connectivity index is 1.90. The number of morpholine rings is 1. The van der Waals surface area contributed by atoms with Gasteiger partial charge < -0.3 is 39.0 Å². The molecule has 50 heavy (non-hydrogen) atoms.